The van der Waals surface area contributed by atoms with Crippen LogP contribution >= 0.6 is 11.8 Å². The molecule has 3 aliphatic rings. The first-order valence-electron chi connectivity index (χ1n) is 43.2. The molecular weight excluding hydrogens is 1730 g/mol. The molecular formula is C86H122N22O22S. The van der Waals surface area contributed by atoms with E-state index in [0.29, 0.717) is 63.1 Å². The van der Waals surface area contributed by atoms with Gasteiger partial charge in [-0.15, -0.1) is 11.8 Å². The lowest BCUT2D eigenvalue weighted by Gasteiger charge is -2.35. The van der Waals surface area contributed by atoms with Crippen LogP contribution in [-0.2, 0) is 101 Å². The number of aromatic hydroxyl groups is 1. The monoisotopic (exact) mass is 1850 g/mol. The van der Waals surface area contributed by atoms with Crippen molar-refractivity contribution in [3.8, 4) is 5.75 Å². The summed E-state index contributed by atoms with van der Waals surface area (Å²) in [6, 6.07) is -5.14. The van der Waals surface area contributed by atoms with Crippen molar-refractivity contribution in [2.24, 2.45) is 23.1 Å². The molecule has 5 heterocycles. The van der Waals surface area contributed by atoms with E-state index in [1.807, 2.05) is 6.92 Å². The molecule has 0 radical (unpaired) electrons. The second-order valence-electron chi connectivity index (χ2n) is 33.4. The molecule has 17 amide bonds. The maximum Gasteiger partial charge on any atom is 0.246 e. The number of hydrogen-bond acceptors (Lipinski definition) is 24. The number of unbranched alkanes of at least 4 members (excludes halogenated alkanes) is 1. The summed E-state index contributed by atoms with van der Waals surface area (Å²) in [5.41, 5.74) is 19.3. The van der Waals surface area contributed by atoms with Crippen LogP contribution in [0.5, 0.6) is 5.75 Å². The summed E-state index contributed by atoms with van der Waals surface area (Å²) in [6.45, 7) is 3.82. The maximum atomic E-state index is 15.6. The Labute approximate surface area is 759 Å². The number of fused-ring (bicyclic) bond motifs is 4. The third-order valence-corrected chi connectivity index (χ3v) is 24.3. The number of phenolic OH excluding ortho intramolecular Hbond substituents is 1. The van der Waals surface area contributed by atoms with Crippen molar-refractivity contribution in [2.45, 2.75) is 215 Å². The number of phenols is 1. The van der Waals surface area contributed by atoms with Gasteiger partial charge in [-0.25, -0.2) is 0 Å². The zero-order valence-electron chi connectivity index (χ0n) is 74.3. The summed E-state index contributed by atoms with van der Waals surface area (Å²) in [6.07, 6.45) is -0.0165. The number of nitrogens with two attached hydrogens (primary N) is 3. The number of aliphatic hydroxyl groups is 4. The molecule has 3 aromatic carbocycles. The SMILES string of the molecule is CCCC[C@H]1C(=O)N(C)[C@@H](C)C(=O)N[C@@H](CCCNC(=N)N)C(=O)N[C@H](C(=O)N[C@@H](CO)C(N)=O)CSCC(=O)N[C@@H](Cc2ccc(O)cc2)C(=O)N(C)[C@@H](C)C(=O)N[C@H](CC(N)=O)C(=O)N2CCC[C@H]2C(=O)N[C@@H](CO)C(=O)N[C@@H](CC(C)C)C(=O)N2C[C@H](O)C[C@H]2C(=O)N[C@@H](Cc2c[nH]c3ccccc23)C(=O)N[C@@H](CO)C(=O)N[C@@H](Cc2c[nH]c3ccccc23)C(=O)N1C. The van der Waals surface area contributed by atoms with Crippen LogP contribution < -0.4 is 75.7 Å². The van der Waals surface area contributed by atoms with E-state index in [1.54, 1.807) is 74.8 Å². The third-order valence-electron chi connectivity index (χ3n) is 23.3. The molecule has 0 saturated carbocycles. The van der Waals surface area contributed by atoms with Crippen LogP contribution in [-0.4, -0.2) is 335 Å². The van der Waals surface area contributed by atoms with E-state index in [-0.39, 0.29) is 76.6 Å². The van der Waals surface area contributed by atoms with Gasteiger partial charge in [-0.05, 0) is 99.2 Å². The smallest absolute Gasteiger partial charge is 0.246 e. The number of thioether (sulfide) groups is 1. The zero-order chi connectivity index (χ0) is 96.4. The number of amides is 17. The lowest BCUT2D eigenvalue weighted by Crippen LogP contribution is -2.62. The molecule has 0 bridgehead atoms. The largest absolute Gasteiger partial charge is 0.508 e. The van der Waals surface area contributed by atoms with Crippen molar-refractivity contribution >= 4 is 140 Å². The van der Waals surface area contributed by atoms with E-state index in [4.69, 9.17) is 22.6 Å². The topological polar surface area (TPSA) is 673 Å². The van der Waals surface area contributed by atoms with Crippen LogP contribution in [0.25, 0.3) is 21.8 Å². The first kappa shape index (κ1) is 103. The van der Waals surface area contributed by atoms with Gasteiger partial charge in [0.25, 0.3) is 0 Å². The number of likely N-dealkylation sites (N-methyl/N-ethyl adjacent to an activating group) is 3. The van der Waals surface area contributed by atoms with Crippen LogP contribution in [0.4, 0.5) is 0 Å². The van der Waals surface area contributed by atoms with Gasteiger partial charge in [0.05, 0.1) is 38.1 Å². The first-order chi connectivity index (χ1) is 62.2. The van der Waals surface area contributed by atoms with Crippen molar-refractivity contribution in [3.63, 3.8) is 0 Å². The highest BCUT2D eigenvalue weighted by molar-refractivity contribution is 8.00. The normalized spacial score (nSPS) is 25.4. The Morgan fingerprint density at radius 3 is 1.63 bits per heavy atom. The highest BCUT2D eigenvalue weighted by Gasteiger charge is 2.47. The molecule has 2 aromatic heterocycles. The van der Waals surface area contributed by atoms with E-state index < -0.39 is 260 Å². The maximum absolute atomic E-state index is 15.6. The molecule has 714 valence electrons. The third kappa shape index (κ3) is 28.3. The number of aliphatic hydroxyl groups excluding tert-OH is 4. The van der Waals surface area contributed by atoms with E-state index >= 15 is 28.8 Å². The number of aromatic nitrogens is 2. The summed E-state index contributed by atoms with van der Waals surface area (Å²) in [7, 11) is 3.74. The number of benzene rings is 3. The molecule has 25 N–H and O–H groups in total. The summed E-state index contributed by atoms with van der Waals surface area (Å²) >= 11 is 0.690. The second kappa shape index (κ2) is 48.6. The number of H-pyrrole nitrogens is 2. The minimum Gasteiger partial charge on any atom is -0.508 e. The number of aromatic amines is 2. The number of primary amides is 2. The van der Waals surface area contributed by atoms with Crippen molar-refractivity contribution in [2.75, 3.05) is 72.1 Å². The van der Waals surface area contributed by atoms with Crippen molar-refractivity contribution < 1.29 is 107 Å². The quantitative estimate of drug-likeness (QED) is 0.0165. The fraction of sp³-hybridized carbons (Fsp3) is 0.535. The van der Waals surface area contributed by atoms with E-state index in [1.165, 1.54) is 59.3 Å². The lowest BCUT2D eigenvalue weighted by molar-refractivity contribution is -0.149. The molecule has 131 heavy (non-hydrogen) atoms. The Morgan fingerprint density at radius 1 is 0.557 bits per heavy atom. The second-order valence-corrected chi connectivity index (χ2v) is 34.4. The summed E-state index contributed by atoms with van der Waals surface area (Å²) in [4.78, 5) is 259. The first-order valence-corrected chi connectivity index (χ1v) is 44.4. The van der Waals surface area contributed by atoms with Gasteiger partial charge in [-0.3, -0.25) is 86.9 Å². The Bertz CT molecular complexity index is 4960. The molecule has 3 fully saturated rings. The number of nitrogens with one attached hydrogen (secondary N) is 14. The molecule has 3 saturated heterocycles. The Balaban J connectivity index is 1.18. The predicted octanol–water partition coefficient (Wildman–Crippen LogP) is -5.71. The number of guanidine groups is 1. The molecule has 16 atom stereocenters. The zero-order valence-corrected chi connectivity index (χ0v) is 75.1. The molecule has 0 aliphatic carbocycles. The number of para-hydroxylation sites is 2. The molecule has 5 aromatic rings. The van der Waals surface area contributed by atoms with Gasteiger partial charge < -0.3 is 136 Å². The summed E-state index contributed by atoms with van der Waals surface area (Å²) in [5.74, 6) is -19.6. The van der Waals surface area contributed by atoms with Gasteiger partial charge in [-0.2, -0.15) is 0 Å². The van der Waals surface area contributed by atoms with Crippen LogP contribution in [0, 0.1) is 11.3 Å². The average Bonchev–Trinajstić information content (AvgIpc) is 1.19. The number of hydrogen-bond donors (Lipinski definition) is 22. The number of nitrogens with zero attached hydrogens (tertiary/aromatic N) is 5. The average molecular weight is 1850 g/mol. The van der Waals surface area contributed by atoms with Crippen LogP contribution in [0.3, 0.4) is 0 Å². The van der Waals surface area contributed by atoms with Gasteiger partial charge >= 0.3 is 0 Å². The predicted molar refractivity (Wildman–Crippen MR) is 477 cm³/mol. The Hall–Kier alpha value is -13.0. The summed E-state index contributed by atoms with van der Waals surface area (Å²) in [5, 5.41) is 90.5. The minimum atomic E-state index is -1.91. The molecule has 0 spiro atoms. The van der Waals surface area contributed by atoms with E-state index in [0.717, 1.165) is 24.5 Å². The molecule has 0 unspecified atom stereocenters. The number of rotatable bonds is 23. The molecule has 8 rings (SSSR count). The van der Waals surface area contributed by atoms with E-state index in [9.17, 15) is 78.3 Å². The lowest BCUT2D eigenvalue weighted by atomic mass is 10.0. The highest BCUT2D eigenvalue weighted by atomic mass is 32.2. The van der Waals surface area contributed by atoms with Crippen LogP contribution in [0.1, 0.15) is 116 Å². The van der Waals surface area contributed by atoms with Gasteiger partial charge in [0, 0.05) is 106 Å². The minimum absolute atomic E-state index is 0.00952. The highest BCUT2D eigenvalue weighted by Crippen LogP contribution is 2.28. The van der Waals surface area contributed by atoms with Gasteiger partial charge in [0.2, 0.25) is 100 Å². The Kier molecular flexibility index (Phi) is 38.3. The van der Waals surface area contributed by atoms with Gasteiger partial charge in [0.15, 0.2) is 5.96 Å². The van der Waals surface area contributed by atoms with Gasteiger partial charge in [0.1, 0.15) is 96.4 Å². The van der Waals surface area contributed by atoms with Crippen molar-refractivity contribution in [1.29, 1.82) is 5.41 Å². The fourth-order valence-corrected chi connectivity index (χ4v) is 16.5. The van der Waals surface area contributed by atoms with Crippen molar-refractivity contribution in [1.82, 2.24) is 93.0 Å². The number of carbonyl (C=O) groups excluding carboxylic acids is 17. The Morgan fingerprint density at radius 2 is 1.06 bits per heavy atom. The number of carbonyl (C=O) groups is 17. The van der Waals surface area contributed by atoms with Crippen LogP contribution in [0.2, 0.25) is 0 Å². The molecule has 45 heteroatoms. The molecule has 44 nitrogen and oxygen atoms in total. The van der Waals surface area contributed by atoms with Crippen molar-refractivity contribution in [3.05, 3.63) is 102 Å². The standard InChI is InChI=1S/C86H122N22O22S/c1-9-10-22-67-85(130)105(7)46(5)72(117)95-56(21-15-28-91-86(89)90)74(119)103-65(78(123)100-62(39-109)71(88)116)42-131-43-70(115)94-59(31-47-24-26-50(112)27-25-47)81(126)104(6)45(4)73(118)97-61(35-69(87)114)83(128)107-29-16-23-66(107)79(124)102-64(41-111)77(122)98-58(30-44(2)3)84(129)108-38-51(113)34-68(108)80(125)96-57(32-48-36-92-54-19-13-11-17-52(48)54)75(120)101-63(40-110)76(121)99-60(82(127)106(67)8)33-49-37-93-55-20-14-12-18-53(49)55/h11-14,17-20,24-27,36-37,44-46,51,56-68,92-93,109-113H,9-10,15-16,21-23,28-35,38-43H2,1-8H3,(H2,87,114)(H2,88,116)(H,94,115)(H,95,117)(H,96,125)(H,97,118)(H,98,122)(H,99,121)(H,100,123)(H,101,120)(H,102,124)(H,103,119)(H4,89,90,91)/t45-,46-,51+,56-,57-,58-,59-,60-,61+,62-,63-,64-,65-,66-,67-,68-/m0/s1. The van der Waals surface area contributed by atoms with E-state index in [2.05, 4.69) is 68.5 Å². The fourth-order valence-electron chi connectivity index (χ4n) is 15.7. The van der Waals surface area contributed by atoms with Gasteiger partial charge in [-0.1, -0.05) is 82.1 Å². The summed E-state index contributed by atoms with van der Waals surface area (Å²) < 4.78 is 0. The van der Waals surface area contributed by atoms with Crippen LogP contribution in [0.15, 0.2) is 85.2 Å². The molecule has 3 aliphatic heterocycles.